The van der Waals surface area contributed by atoms with Gasteiger partial charge in [-0.3, -0.25) is 9.69 Å². The van der Waals surface area contributed by atoms with Crippen LogP contribution < -0.4 is 5.32 Å². The van der Waals surface area contributed by atoms with E-state index in [2.05, 4.69) is 29.0 Å². The minimum absolute atomic E-state index is 0.133. The van der Waals surface area contributed by atoms with Crippen molar-refractivity contribution in [2.45, 2.75) is 32.5 Å². The van der Waals surface area contributed by atoms with Crippen LogP contribution in [-0.4, -0.2) is 23.9 Å². The van der Waals surface area contributed by atoms with Gasteiger partial charge in [0.15, 0.2) is 0 Å². The number of benzene rings is 2. The molecule has 8 heteroatoms. The first kappa shape index (κ1) is 23.5. The van der Waals surface area contributed by atoms with Crippen LogP contribution in [0.25, 0.3) is 0 Å². The van der Waals surface area contributed by atoms with Gasteiger partial charge in [-0.1, -0.05) is 42.1 Å². The summed E-state index contributed by atoms with van der Waals surface area (Å²) >= 11 is 12.2. The van der Waals surface area contributed by atoms with E-state index in [9.17, 15) is 18.0 Å². The van der Waals surface area contributed by atoms with Crippen LogP contribution in [-0.2, 0) is 17.5 Å². The number of piperidine rings is 1. The van der Waals surface area contributed by atoms with Crippen molar-refractivity contribution in [2.24, 2.45) is 5.92 Å². The highest BCUT2D eigenvalue weighted by molar-refractivity contribution is 6.32. The Kier molecular flexibility index (Phi) is 7.53. The number of nitrogens with zero attached hydrogens (tertiary/aromatic N) is 1. The zero-order valence-corrected chi connectivity index (χ0v) is 18.3. The molecule has 1 saturated heterocycles. The number of rotatable bonds is 3. The van der Waals surface area contributed by atoms with Crippen LogP contribution in [0.15, 0.2) is 36.4 Å². The molecule has 3 nitrogen and oxygen atoms in total. The Bertz CT molecular complexity index is 1020. The first-order valence-electron chi connectivity index (χ1n) is 9.82. The fourth-order valence-electron chi connectivity index (χ4n) is 3.29. The highest BCUT2D eigenvalue weighted by atomic mass is 35.5. The van der Waals surface area contributed by atoms with Crippen molar-refractivity contribution in [3.63, 3.8) is 0 Å². The quantitative estimate of drug-likeness (QED) is 0.541. The van der Waals surface area contributed by atoms with E-state index in [-0.39, 0.29) is 10.6 Å². The van der Waals surface area contributed by atoms with E-state index in [0.29, 0.717) is 10.7 Å². The molecule has 1 heterocycles. The second kappa shape index (κ2) is 9.95. The van der Waals surface area contributed by atoms with Crippen molar-refractivity contribution in [1.29, 1.82) is 0 Å². The number of nitrogens with one attached hydrogen (secondary N) is 1. The lowest BCUT2D eigenvalue weighted by atomic mass is 9.99. The Labute approximate surface area is 189 Å². The number of alkyl halides is 3. The minimum atomic E-state index is -4.50. The van der Waals surface area contributed by atoms with Crippen molar-refractivity contribution < 1.29 is 18.0 Å². The standard InChI is InChI=1S/C23H21Cl2F3N2O/c1-15-8-10-30(11-9-15)14-17-3-6-19(13-21(17)25)29-22(31)7-4-16-2-5-18(12-20(16)24)23(26,27)28/h2-3,5-6,12-13,15H,8-11,14H2,1H3,(H,29,31). The fraction of sp³-hybridized carbons (Fsp3) is 0.348. The number of hydrogen-bond acceptors (Lipinski definition) is 2. The average molecular weight is 469 g/mol. The maximum atomic E-state index is 12.7. The zero-order valence-electron chi connectivity index (χ0n) is 16.8. The van der Waals surface area contributed by atoms with Gasteiger partial charge in [0.2, 0.25) is 0 Å². The van der Waals surface area contributed by atoms with Gasteiger partial charge in [-0.25, -0.2) is 0 Å². The second-order valence-corrected chi connectivity index (χ2v) is 8.48. The minimum Gasteiger partial charge on any atom is -0.315 e. The van der Waals surface area contributed by atoms with Gasteiger partial charge >= 0.3 is 12.1 Å². The van der Waals surface area contributed by atoms with E-state index >= 15 is 0 Å². The summed E-state index contributed by atoms with van der Waals surface area (Å²) in [6.07, 6.45) is -2.15. The van der Waals surface area contributed by atoms with Crippen molar-refractivity contribution >= 4 is 34.8 Å². The number of carbonyl (C=O) groups excluding carboxylic acids is 1. The molecule has 0 atom stereocenters. The zero-order chi connectivity index (χ0) is 22.6. The number of carbonyl (C=O) groups is 1. The van der Waals surface area contributed by atoms with Crippen LogP contribution in [0.4, 0.5) is 18.9 Å². The third-order valence-corrected chi connectivity index (χ3v) is 5.85. The monoisotopic (exact) mass is 468 g/mol. The number of amides is 1. The van der Waals surface area contributed by atoms with Gasteiger partial charge < -0.3 is 5.32 Å². The van der Waals surface area contributed by atoms with Crippen molar-refractivity contribution in [3.05, 3.63) is 63.1 Å². The van der Waals surface area contributed by atoms with Crippen LogP contribution >= 0.6 is 23.2 Å². The van der Waals surface area contributed by atoms with Crippen LogP contribution in [0.3, 0.4) is 0 Å². The van der Waals surface area contributed by atoms with Gasteiger partial charge in [-0.05, 0) is 67.7 Å². The Hall–Kier alpha value is -2.20. The Balaban J connectivity index is 1.62. The molecule has 1 aliphatic rings. The van der Waals surface area contributed by atoms with Crippen molar-refractivity contribution in [1.82, 2.24) is 4.90 Å². The molecular formula is C23H21Cl2F3N2O. The van der Waals surface area contributed by atoms with Gasteiger partial charge in [-0.2, -0.15) is 13.2 Å². The molecule has 0 radical (unpaired) electrons. The summed E-state index contributed by atoms with van der Waals surface area (Å²) in [6, 6.07) is 8.07. The first-order valence-corrected chi connectivity index (χ1v) is 10.6. The molecule has 0 aromatic heterocycles. The van der Waals surface area contributed by atoms with E-state index in [0.717, 1.165) is 49.3 Å². The van der Waals surface area contributed by atoms with E-state index in [1.165, 1.54) is 12.8 Å². The lowest BCUT2D eigenvalue weighted by molar-refractivity contribution is -0.137. The first-order chi connectivity index (χ1) is 14.6. The lowest BCUT2D eigenvalue weighted by Gasteiger charge is -2.30. The van der Waals surface area contributed by atoms with Crippen LogP contribution in [0, 0.1) is 17.8 Å². The molecular weight excluding hydrogens is 448 g/mol. The maximum absolute atomic E-state index is 12.7. The Morgan fingerprint density at radius 1 is 1.13 bits per heavy atom. The molecule has 1 N–H and O–H groups in total. The smallest absolute Gasteiger partial charge is 0.315 e. The molecule has 1 fully saturated rings. The predicted octanol–water partition coefficient (Wildman–Crippen LogP) is 6.23. The Morgan fingerprint density at radius 2 is 1.84 bits per heavy atom. The average Bonchev–Trinajstić information content (AvgIpc) is 2.70. The maximum Gasteiger partial charge on any atom is 0.416 e. The summed E-state index contributed by atoms with van der Waals surface area (Å²) in [5, 5.41) is 2.99. The second-order valence-electron chi connectivity index (χ2n) is 7.66. The summed E-state index contributed by atoms with van der Waals surface area (Å²) in [5.41, 5.74) is 0.728. The summed E-state index contributed by atoms with van der Waals surface area (Å²) in [5.74, 6) is 4.96. The Morgan fingerprint density at radius 3 is 2.45 bits per heavy atom. The van der Waals surface area contributed by atoms with Gasteiger partial charge in [0.25, 0.3) is 0 Å². The van der Waals surface area contributed by atoms with E-state index < -0.39 is 17.6 Å². The van der Waals surface area contributed by atoms with Gasteiger partial charge in [0, 0.05) is 28.7 Å². The molecule has 0 bridgehead atoms. The molecule has 0 unspecified atom stereocenters. The molecule has 3 rings (SSSR count). The molecule has 0 saturated carbocycles. The summed E-state index contributed by atoms with van der Waals surface area (Å²) < 4.78 is 38.1. The summed E-state index contributed by atoms with van der Waals surface area (Å²) in [7, 11) is 0. The molecule has 2 aromatic rings. The highest BCUT2D eigenvalue weighted by Crippen LogP contribution is 2.32. The van der Waals surface area contributed by atoms with Crippen molar-refractivity contribution in [3.8, 4) is 11.8 Å². The molecule has 31 heavy (non-hydrogen) atoms. The molecule has 0 spiro atoms. The van der Waals surface area contributed by atoms with Crippen LogP contribution in [0.1, 0.15) is 36.5 Å². The topological polar surface area (TPSA) is 32.3 Å². The number of hydrogen-bond donors (Lipinski definition) is 1. The fourth-order valence-corrected chi connectivity index (χ4v) is 3.76. The van der Waals surface area contributed by atoms with Gasteiger partial charge in [-0.15, -0.1) is 0 Å². The number of anilines is 1. The van der Waals surface area contributed by atoms with E-state index in [1.807, 2.05) is 6.07 Å². The SMILES string of the molecule is CC1CCN(Cc2ccc(NC(=O)C#Cc3ccc(C(F)(F)F)cc3Cl)cc2Cl)CC1. The third kappa shape index (κ3) is 6.64. The van der Waals surface area contributed by atoms with Gasteiger partial charge in [0.1, 0.15) is 0 Å². The van der Waals surface area contributed by atoms with E-state index in [4.69, 9.17) is 23.2 Å². The number of halogens is 5. The molecule has 2 aromatic carbocycles. The van der Waals surface area contributed by atoms with E-state index in [1.54, 1.807) is 12.1 Å². The van der Waals surface area contributed by atoms with Gasteiger partial charge in [0.05, 0.1) is 10.6 Å². The molecule has 1 aliphatic heterocycles. The molecule has 1 amide bonds. The normalized spacial score (nSPS) is 15.3. The third-order valence-electron chi connectivity index (χ3n) is 5.19. The van der Waals surface area contributed by atoms with Crippen LogP contribution in [0.5, 0.6) is 0 Å². The lowest BCUT2D eigenvalue weighted by Crippen LogP contribution is -2.32. The van der Waals surface area contributed by atoms with Crippen LogP contribution in [0.2, 0.25) is 10.0 Å². The predicted molar refractivity (Wildman–Crippen MR) is 117 cm³/mol. The molecule has 0 aliphatic carbocycles. The van der Waals surface area contributed by atoms with Crippen molar-refractivity contribution in [2.75, 3.05) is 18.4 Å². The largest absolute Gasteiger partial charge is 0.416 e. The molecule has 164 valence electrons. The highest BCUT2D eigenvalue weighted by Gasteiger charge is 2.30. The summed E-state index contributed by atoms with van der Waals surface area (Å²) in [6.45, 7) is 5.10. The number of likely N-dealkylation sites (tertiary alicyclic amines) is 1. The summed E-state index contributed by atoms with van der Waals surface area (Å²) in [4.78, 5) is 14.5.